The maximum Gasteiger partial charge on any atom is 0.145 e. The average molecular weight is 442 g/mol. The highest BCUT2D eigenvalue weighted by Crippen LogP contribution is 2.31. The molecular formula is C13H8BrF3IN. The van der Waals surface area contributed by atoms with Crippen molar-refractivity contribution in [2.45, 2.75) is 6.04 Å². The summed E-state index contributed by atoms with van der Waals surface area (Å²) in [4.78, 5) is 0. The molecule has 0 bridgehead atoms. The topological polar surface area (TPSA) is 26.0 Å². The molecule has 2 aromatic rings. The van der Waals surface area contributed by atoms with E-state index in [9.17, 15) is 13.2 Å². The predicted octanol–water partition coefficient (Wildman–Crippen LogP) is 4.52. The zero-order valence-electron chi connectivity index (χ0n) is 9.43. The summed E-state index contributed by atoms with van der Waals surface area (Å²) in [6.45, 7) is 0. The molecule has 19 heavy (non-hydrogen) atoms. The maximum absolute atomic E-state index is 14.0. The Labute approximate surface area is 130 Å². The van der Waals surface area contributed by atoms with Crippen molar-refractivity contribution in [3.8, 4) is 0 Å². The molecule has 0 aromatic heterocycles. The number of rotatable bonds is 2. The van der Waals surface area contributed by atoms with Crippen molar-refractivity contribution < 1.29 is 13.2 Å². The van der Waals surface area contributed by atoms with E-state index in [2.05, 4.69) is 15.9 Å². The molecule has 2 aromatic carbocycles. The zero-order chi connectivity index (χ0) is 14.2. The molecule has 0 aliphatic rings. The van der Waals surface area contributed by atoms with Gasteiger partial charge in [-0.3, -0.25) is 0 Å². The fourth-order valence-corrected chi connectivity index (χ4v) is 2.90. The van der Waals surface area contributed by atoms with Crippen LogP contribution in [-0.4, -0.2) is 0 Å². The Kier molecular flexibility index (Phi) is 4.52. The molecule has 0 heterocycles. The third kappa shape index (κ3) is 2.95. The molecule has 0 aliphatic carbocycles. The monoisotopic (exact) mass is 441 g/mol. The van der Waals surface area contributed by atoms with Gasteiger partial charge in [-0.05, 0) is 68.3 Å². The number of nitrogens with two attached hydrogens (primary N) is 1. The summed E-state index contributed by atoms with van der Waals surface area (Å²) in [6, 6.07) is 5.33. The summed E-state index contributed by atoms with van der Waals surface area (Å²) in [5.74, 6) is -1.89. The first-order valence-electron chi connectivity index (χ1n) is 5.25. The quantitative estimate of drug-likeness (QED) is 0.538. The van der Waals surface area contributed by atoms with Crippen LogP contribution in [0, 0.1) is 21.0 Å². The lowest BCUT2D eigenvalue weighted by atomic mass is 9.98. The third-order valence-corrected chi connectivity index (χ3v) is 4.23. The molecule has 0 spiro atoms. The lowest BCUT2D eigenvalue weighted by Gasteiger charge is -2.16. The second-order valence-electron chi connectivity index (χ2n) is 3.90. The molecule has 1 atom stereocenters. The lowest BCUT2D eigenvalue weighted by molar-refractivity contribution is 0.538. The highest BCUT2D eigenvalue weighted by atomic mass is 127. The van der Waals surface area contributed by atoms with Gasteiger partial charge in [-0.1, -0.05) is 6.07 Å². The molecule has 100 valence electrons. The average Bonchev–Trinajstić information content (AvgIpc) is 2.34. The van der Waals surface area contributed by atoms with Gasteiger partial charge < -0.3 is 5.73 Å². The van der Waals surface area contributed by atoms with Gasteiger partial charge in [0.05, 0.1) is 10.5 Å². The Morgan fingerprint density at radius 3 is 2.42 bits per heavy atom. The van der Waals surface area contributed by atoms with Gasteiger partial charge in [0.2, 0.25) is 0 Å². The van der Waals surface area contributed by atoms with Crippen molar-refractivity contribution >= 4 is 38.5 Å². The summed E-state index contributed by atoms with van der Waals surface area (Å²) < 4.78 is 41.4. The van der Waals surface area contributed by atoms with Crippen molar-refractivity contribution in [2.24, 2.45) is 5.73 Å². The number of halogens is 5. The largest absolute Gasteiger partial charge is 0.320 e. The van der Waals surface area contributed by atoms with Gasteiger partial charge in [0, 0.05) is 9.13 Å². The lowest BCUT2D eigenvalue weighted by Crippen LogP contribution is -2.17. The first-order chi connectivity index (χ1) is 8.91. The molecule has 0 fully saturated rings. The smallest absolute Gasteiger partial charge is 0.145 e. The third-order valence-electron chi connectivity index (χ3n) is 2.69. The van der Waals surface area contributed by atoms with E-state index in [-0.39, 0.29) is 10.0 Å². The second kappa shape index (κ2) is 5.80. The zero-order valence-corrected chi connectivity index (χ0v) is 13.2. The van der Waals surface area contributed by atoms with Gasteiger partial charge in [-0.25, -0.2) is 13.2 Å². The standard InChI is InChI=1S/C13H8BrF3IN/c14-8-3-4-9(16)11(12(8)17)13(19)7-2-1-6(15)5-10(7)18/h1-5,13H,19H2. The number of benzene rings is 2. The van der Waals surface area contributed by atoms with E-state index in [1.54, 1.807) is 0 Å². The fraction of sp³-hybridized carbons (Fsp3) is 0.0769. The minimum atomic E-state index is -0.995. The Bertz CT molecular complexity index is 634. The fourth-order valence-electron chi connectivity index (χ4n) is 1.74. The molecule has 1 unspecified atom stereocenters. The molecule has 2 rings (SSSR count). The first kappa shape index (κ1) is 14.8. The molecular weight excluding hydrogens is 434 g/mol. The van der Waals surface area contributed by atoms with Crippen LogP contribution in [0.25, 0.3) is 0 Å². The Morgan fingerprint density at radius 1 is 1.11 bits per heavy atom. The molecule has 2 N–H and O–H groups in total. The highest BCUT2D eigenvalue weighted by Gasteiger charge is 2.22. The van der Waals surface area contributed by atoms with Crippen molar-refractivity contribution in [1.82, 2.24) is 0 Å². The molecule has 0 radical (unpaired) electrons. The summed E-state index contributed by atoms with van der Waals surface area (Å²) in [5.41, 5.74) is 6.14. The van der Waals surface area contributed by atoms with E-state index >= 15 is 0 Å². The Balaban J connectivity index is 2.56. The van der Waals surface area contributed by atoms with Crippen LogP contribution in [0.4, 0.5) is 13.2 Å². The number of hydrogen-bond acceptors (Lipinski definition) is 1. The highest BCUT2D eigenvalue weighted by molar-refractivity contribution is 14.1. The van der Waals surface area contributed by atoms with Crippen LogP contribution in [-0.2, 0) is 0 Å². The van der Waals surface area contributed by atoms with Crippen LogP contribution < -0.4 is 5.73 Å². The van der Waals surface area contributed by atoms with Gasteiger partial charge >= 0.3 is 0 Å². The number of hydrogen-bond donors (Lipinski definition) is 1. The van der Waals surface area contributed by atoms with Gasteiger partial charge in [0.25, 0.3) is 0 Å². The predicted molar refractivity (Wildman–Crippen MR) is 79.2 cm³/mol. The Morgan fingerprint density at radius 2 is 1.79 bits per heavy atom. The summed E-state index contributed by atoms with van der Waals surface area (Å²) in [7, 11) is 0. The molecule has 0 amide bonds. The summed E-state index contributed by atoms with van der Waals surface area (Å²) in [6.07, 6.45) is 0. The first-order valence-corrected chi connectivity index (χ1v) is 7.13. The SMILES string of the molecule is NC(c1ccc(F)cc1I)c1c(F)ccc(Br)c1F. The van der Waals surface area contributed by atoms with E-state index < -0.39 is 23.5 Å². The Hall–Kier alpha value is -0.600. The van der Waals surface area contributed by atoms with Crippen LogP contribution in [0.1, 0.15) is 17.2 Å². The van der Waals surface area contributed by atoms with E-state index in [0.29, 0.717) is 9.13 Å². The van der Waals surface area contributed by atoms with E-state index in [1.807, 2.05) is 22.6 Å². The van der Waals surface area contributed by atoms with Crippen molar-refractivity contribution in [3.05, 3.63) is 67.0 Å². The van der Waals surface area contributed by atoms with Gasteiger partial charge in [-0.2, -0.15) is 0 Å². The van der Waals surface area contributed by atoms with Gasteiger partial charge in [-0.15, -0.1) is 0 Å². The van der Waals surface area contributed by atoms with E-state index in [1.165, 1.54) is 24.3 Å². The molecule has 6 heteroatoms. The van der Waals surface area contributed by atoms with Crippen molar-refractivity contribution in [2.75, 3.05) is 0 Å². The van der Waals surface area contributed by atoms with E-state index in [0.717, 1.165) is 6.07 Å². The molecule has 0 saturated carbocycles. The van der Waals surface area contributed by atoms with Crippen LogP contribution in [0.3, 0.4) is 0 Å². The van der Waals surface area contributed by atoms with Crippen LogP contribution >= 0.6 is 38.5 Å². The normalized spacial score (nSPS) is 12.5. The van der Waals surface area contributed by atoms with Gasteiger partial charge in [0.1, 0.15) is 17.5 Å². The van der Waals surface area contributed by atoms with Crippen molar-refractivity contribution in [1.29, 1.82) is 0 Å². The molecule has 1 nitrogen and oxygen atoms in total. The second-order valence-corrected chi connectivity index (χ2v) is 5.92. The van der Waals surface area contributed by atoms with Crippen molar-refractivity contribution in [3.63, 3.8) is 0 Å². The minimum absolute atomic E-state index is 0.136. The molecule has 0 aliphatic heterocycles. The van der Waals surface area contributed by atoms with Gasteiger partial charge in [0.15, 0.2) is 0 Å². The summed E-state index contributed by atoms with van der Waals surface area (Å²) in [5, 5.41) is 0. The summed E-state index contributed by atoms with van der Waals surface area (Å²) >= 11 is 4.88. The molecule has 0 saturated heterocycles. The minimum Gasteiger partial charge on any atom is -0.320 e. The maximum atomic E-state index is 14.0. The van der Waals surface area contributed by atoms with Crippen LogP contribution in [0.5, 0.6) is 0 Å². The van der Waals surface area contributed by atoms with E-state index in [4.69, 9.17) is 5.73 Å². The van der Waals surface area contributed by atoms with Crippen LogP contribution in [0.2, 0.25) is 0 Å². The van der Waals surface area contributed by atoms with Crippen LogP contribution in [0.15, 0.2) is 34.8 Å².